The topological polar surface area (TPSA) is 72.4 Å². The Labute approximate surface area is 125 Å². The van der Waals surface area contributed by atoms with Crippen LogP contribution in [0.4, 0.5) is 0 Å². The Balaban J connectivity index is 2.40. The van der Waals surface area contributed by atoms with E-state index in [2.05, 4.69) is 19.0 Å². The molecule has 0 radical (unpaired) electrons. The van der Waals surface area contributed by atoms with E-state index >= 15 is 0 Å². The number of carbonyl (C=O) groups is 1. The summed E-state index contributed by atoms with van der Waals surface area (Å²) in [6.45, 7) is 9.18. The normalized spacial score (nSPS) is 11.7. The molecular weight excluding hydrogens is 274 g/mol. The quantitative estimate of drug-likeness (QED) is 0.833. The summed E-state index contributed by atoms with van der Waals surface area (Å²) in [6, 6.07) is 0. The molecule has 6 heteroatoms. The van der Waals surface area contributed by atoms with Crippen LogP contribution in [0, 0.1) is 19.3 Å². The first-order valence-corrected chi connectivity index (χ1v) is 7.86. The maximum atomic E-state index is 12.1. The van der Waals surface area contributed by atoms with Crippen LogP contribution in [0.25, 0.3) is 0 Å². The standard InChI is InChI=1S/C14H25N3O2S/c1-10-12(11(2)19-16-10)6-20-7-13(18)17(5)9-14(3,4)8-15/h6-9,15H2,1-5H3. The van der Waals surface area contributed by atoms with E-state index in [1.54, 1.807) is 16.7 Å². The van der Waals surface area contributed by atoms with Gasteiger partial charge in [-0.3, -0.25) is 4.79 Å². The maximum absolute atomic E-state index is 12.1. The van der Waals surface area contributed by atoms with Gasteiger partial charge in [0, 0.05) is 24.9 Å². The second kappa shape index (κ2) is 7.13. The SMILES string of the molecule is Cc1noc(C)c1CSCC(=O)N(C)CC(C)(C)CN. The molecule has 0 saturated heterocycles. The van der Waals surface area contributed by atoms with E-state index < -0.39 is 0 Å². The lowest BCUT2D eigenvalue weighted by Crippen LogP contribution is -2.40. The molecule has 0 atom stereocenters. The third-order valence-corrected chi connectivity index (χ3v) is 4.24. The van der Waals surface area contributed by atoms with Gasteiger partial charge in [-0.25, -0.2) is 0 Å². The van der Waals surface area contributed by atoms with Gasteiger partial charge in [0.15, 0.2) is 0 Å². The fourth-order valence-electron chi connectivity index (χ4n) is 1.85. The number of nitrogens with two attached hydrogens (primary N) is 1. The molecule has 0 bridgehead atoms. The average molecular weight is 299 g/mol. The molecule has 0 aromatic carbocycles. The lowest BCUT2D eigenvalue weighted by molar-refractivity contribution is -0.128. The second-order valence-corrected chi connectivity index (χ2v) is 6.90. The van der Waals surface area contributed by atoms with Gasteiger partial charge >= 0.3 is 0 Å². The van der Waals surface area contributed by atoms with Gasteiger partial charge in [0.25, 0.3) is 0 Å². The summed E-state index contributed by atoms with van der Waals surface area (Å²) >= 11 is 1.59. The third kappa shape index (κ3) is 4.83. The van der Waals surface area contributed by atoms with Crippen LogP contribution in [-0.4, -0.2) is 41.9 Å². The highest BCUT2D eigenvalue weighted by atomic mass is 32.2. The number of rotatable bonds is 7. The Morgan fingerprint density at radius 1 is 1.45 bits per heavy atom. The Kier molecular flexibility index (Phi) is 6.07. The Morgan fingerprint density at radius 3 is 2.60 bits per heavy atom. The molecule has 0 saturated carbocycles. The van der Waals surface area contributed by atoms with Crippen molar-refractivity contribution in [3.63, 3.8) is 0 Å². The lowest BCUT2D eigenvalue weighted by Gasteiger charge is -2.29. The predicted octanol–water partition coefficient (Wildman–Crippen LogP) is 1.97. The minimum Gasteiger partial charge on any atom is -0.361 e. The van der Waals surface area contributed by atoms with Gasteiger partial charge < -0.3 is 15.2 Å². The van der Waals surface area contributed by atoms with E-state index in [9.17, 15) is 4.79 Å². The lowest BCUT2D eigenvalue weighted by atomic mass is 9.93. The fraction of sp³-hybridized carbons (Fsp3) is 0.714. The Morgan fingerprint density at radius 2 is 2.10 bits per heavy atom. The summed E-state index contributed by atoms with van der Waals surface area (Å²) in [5.41, 5.74) is 7.64. The fourth-order valence-corrected chi connectivity index (χ4v) is 2.97. The molecule has 1 aromatic rings. The molecule has 1 rings (SSSR count). The molecule has 0 aliphatic heterocycles. The molecule has 0 fully saturated rings. The number of carbonyl (C=O) groups excluding carboxylic acids is 1. The van der Waals surface area contributed by atoms with E-state index in [-0.39, 0.29) is 11.3 Å². The van der Waals surface area contributed by atoms with E-state index in [1.807, 2.05) is 20.9 Å². The summed E-state index contributed by atoms with van der Waals surface area (Å²) < 4.78 is 5.11. The minimum atomic E-state index is -0.0449. The molecule has 1 aromatic heterocycles. The van der Waals surface area contributed by atoms with Crippen LogP contribution in [0.1, 0.15) is 30.9 Å². The van der Waals surface area contributed by atoms with Crippen LogP contribution >= 0.6 is 11.8 Å². The Hall–Kier alpha value is -1.01. The molecule has 5 nitrogen and oxygen atoms in total. The van der Waals surface area contributed by atoms with Crippen LogP contribution in [-0.2, 0) is 10.5 Å². The number of hydrogen-bond acceptors (Lipinski definition) is 5. The predicted molar refractivity (Wildman–Crippen MR) is 82.6 cm³/mol. The van der Waals surface area contributed by atoms with E-state index in [0.29, 0.717) is 18.8 Å². The van der Waals surface area contributed by atoms with Gasteiger partial charge in [-0.15, -0.1) is 11.8 Å². The monoisotopic (exact) mass is 299 g/mol. The summed E-state index contributed by atoms with van der Waals surface area (Å²) in [5.74, 6) is 2.17. The van der Waals surface area contributed by atoms with Crippen molar-refractivity contribution < 1.29 is 9.32 Å². The van der Waals surface area contributed by atoms with E-state index in [0.717, 1.165) is 22.8 Å². The van der Waals surface area contributed by atoms with Gasteiger partial charge in [0.05, 0.1) is 11.4 Å². The number of nitrogens with zero attached hydrogens (tertiary/aromatic N) is 2. The molecule has 1 amide bonds. The van der Waals surface area contributed by atoms with Crippen molar-refractivity contribution in [2.24, 2.45) is 11.1 Å². The van der Waals surface area contributed by atoms with Crippen LogP contribution in [0.15, 0.2) is 4.52 Å². The van der Waals surface area contributed by atoms with Crippen LogP contribution < -0.4 is 5.73 Å². The van der Waals surface area contributed by atoms with Gasteiger partial charge in [-0.1, -0.05) is 19.0 Å². The number of amides is 1. The first kappa shape index (κ1) is 17.0. The number of aromatic nitrogens is 1. The zero-order chi connectivity index (χ0) is 15.3. The van der Waals surface area contributed by atoms with Crippen LogP contribution in [0.5, 0.6) is 0 Å². The van der Waals surface area contributed by atoms with E-state index in [4.69, 9.17) is 10.3 Å². The van der Waals surface area contributed by atoms with Crippen molar-refractivity contribution in [3.8, 4) is 0 Å². The first-order chi connectivity index (χ1) is 9.26. The highest BCUT2D eigenvalue weighted by molar-refractivity contribution is 7.99. The first-order valence-electron chi connectivity index (χ1n) is 6.70. The third-order valence-electron chi connectivity index (χ3n) is 3.30. The highest BCUT2D eigenvalue weighted by Crippen LogP contribution is 2.20. The summed E-state index contributed by atoms with van der Waals surface area (Å²) in [7, 11) is 1.83. The van der Waals surface area contributed by atoms with Gasteiger partial charge in [-0.2, -0.15) is 0 Å². The van der Waals surface area contributed by atoms with Crippen molar-refractivity contribution >= 4 is 17.7 Å². The zero-order valence-corrected chi connectivity index (χ0v) is 13.8. The van der Waals surface area contributed by atoms with Crippen molar-refractivity contribution in [1.82, 2.24) is 10.1 Å². The van der Waals surface area contributed by atoms with Crippen molar-refractivity contribution in [1.29, 1.82) is 0 Å². The van der Waals surface area contributed by atoms with Crippen molar-refractivity contribution in [2.75, 3.05) is 25.9 Å². The smallest absolute Gasteiger partial charge is 0.232 e. The molecule has 0 spiro atoms. The number of thioether (sulfide) groups is 1. The largest absolute Gasteiger partial charge is 0.361 e. The molecule has 1 heterocycles. The maximum Gasteiger partial charge on any atom is 0.232 e. The van der Waals surface area contributed by atoms with Crippen molar-refractivity contribution in [3.05, 3.63) is 17.0 Å². The molecule has 20 heavy (non-hydrogen) atoms. The summed E-state index contributed by atoms with van der Waals surface area (Å²) in [6.07, 6.45) is 0. The Bertz CT molecular complexity index is 438. The molecular formula is C14H25N3O2S. The molecule has 2 N–H and O–H groups in total. The molecule has 0 aliphatic rings. The molecule has 114 valence electrons. The van der Waals surface area contributed by atoms with Gasteiger partial charge in [-0.05, 0) is 25.8 Å². The number of hydrogen-bond donors (Lipinski definition) is 1. The van der Waals surface area contributed by atoms with Crippen LogP contribution in [0.2, 0.25) is 0 Å². The second-order valence-electron chi connectivity index (χ2n) is 5.91. The van der Waals surface area contributed by atoms with Crippen molar-refractivity contribution in [2.45, 2.75) is 33.4 Å². The van der Waals surface area contributed by atoms with Crippen LogP contribution in [0.3, 0.4) is 0 Å². The minimum absolute atomic E-state index is 0.0449. The number of aryl methyl sites for hydroxylation is 2. The average Bonchev–Trinajstić information content (AvgIpc) is 2.69. The zero-order valence-electron chi connectivity index (χ0n) is 13.0. The molecule has 0 aliphatic carbocycles. The van der Waals surface area contributed by atoms with E-state index in [1.165, 1.54) is 0 Å². The van der Waals surface area contributed by atoms with Gasteiger partial charge in [0.2, 0.25) is 5.91 Å². The summed E-state index contributed by atoms with van der Waals surface area (Å²) in [4.78, 5) is 13.8. The molecule has 0 unspecified atom stereocenters. The summed E-state index contributed by atoms with van der Waals surface area (Å²) in [5, 5.41) is 3.91. The van der Waals surface area contributed by atoms with Gasteiger partial charge in [0.1, 0.15) is 5.76 Å². The highest BCUT2D eigenvalue weighted by Gasteiger charge is 2.21.